The van der Waals surface area contributed by atoms with E-state index in [4.69, 9.17) is 5.73 Å². The van der Waals surface area contributed by atoms with Crippen molar-refractivity contribution in [3.05, 3.63) is 65.6 Å². The van der Waals surface area contributed by atoms with E-state index in [1.807, 2.05) is 45.0 Å². The fourth-order valence-corrected chi connectivity index (χ4v) is 3.26. The highest BCUT2D eigenvalue weighted by molar-refractivity contribution is 6.06. The van der Waals surface area contributed by atoms with Crippen molar-refractivity contribution in [2.75, 3.05) is 6.67 Å². The number of nitrogens with two attached hydrogens (primary N) is 1. The van der Waals surface area contributed by atoms with Crippen LogP contribution in [0.1, 0.15) is 36.8 Å². The van der Waals surface area contributed by atoms with Crippen LogP contribution in [0.4, 0.5) is 4.39 Å². The molecule has 1 heterocycles. The minimum Gasteiger partial charge on any atom is -0.342 e. The first-order valence-corrected chi connectivity index (χ1v) is 9.69. The maximum atomic E-state index is 13.2. The summed E-state index contributed by atoms with van der Waals surface area (Å²) >= 11 is 0. The molecule has 0 fully saturated rings. The monoisotopic (exact) mass is 411 g/mol. The predicted molar refractivity (Wildman–Crippen MR) is 113 cm³/mol. The van der Waals surface area contributed by atoms with Crippen molar-refractivity contribution in [1.29, 1.82) is 0 Å². The Labute approximate surface area is 174 Å². The van der Waals surface area contributed by atoms with E-state index in [0.717, 1.165) is 11.1 Å². The summed E-state index contributed by atoms with van der Waals surface area (Å²) in [7, 11) is 0. The molecule has 0 aliphatic rings. The molecular formula is C22H26FN5O2. The first-order chi connectivity index (χ1) is 14.2. The second-order valence-corrected chi connectivity index (χ2v) is 8.17. The van der Waals surface area contributed by atoms with Crippen LogP contribution >= 0.6 is 0 Å². The van der Waals surface area contributed by atoms with Gasteiger partial charge in [0.2, 0.25) is 5.91 Å². The zero-order chi connectivity index (χ0) is 21.9. The van der Waals surface area contributed by atoms with Crippen molar-refractivity contribution in [3.63, 3.8) is 0 Å². The van der Waals surface area contributed by atoms with Crippen molar-refractivity contribution in [1.82, 2.24) is 20.4 Å². The molecule has 30 heavy (non-hydrogen) atoms. The van der Waals surface area contributed by atoms with E-state index in [1.165, 1.54) is 12.1 Å². The third-order valence-electron chi connectivity index (χ3n) is 4.80. The van der Waals surface area contributed by atoms with Gasteiger partial charge in [0.1, 0.15) is 11.9 Å². The Balaban J connectivity index is 1.94. The van der Waals surface area contributed by atoms with E-state index in [-0.39, 0.29) is 24.1 Å². The van der Waals surface area contributed by atoms with Crippen molar-refractivity contribution in [2.24, 2.45) is 11.1 Å². The number of hydrogen-bond acceptors (Lipinski definition) is 4. The van der Waals surface area contributed by atoms with E-state index in [0.29, 0.717) is 11.9 Å². The maximum Gasteiger partial charge on any atom is 0.273 e. The molecule has 1 atom stereocenters. The molecule has 0 aliphatic carbocycles. The van der Waals surface area contributed by atoms with Gasteiger partial charge in [-0.3, -0.25) is 14.3 Å². The number of rotatable bonds is 6. The number of halogens is 1. The summed E-state index contributed by atoms with van der Waals surface area (Å²) in [5.41, 5.74) is 6.75. The molecule has 1 aromatic heterocycles. The van der Waals surface area contributed by atoms with Crippen molar-refractivity contribution in [3.8, 4) is 0 Å². The summed E-state index contributed by atoms with van der Waals surface area (Å²) in [6.07, 6.45) is 0. The molecule has 0 unspecified atom stereocenters. The summed E-state index contributed by atoms with van der Waals surface area (Å²) in [6.45, 7) is 5.94. The van der Waals surface area contributed by atoms with Crippen LogP contribution in [0.5, 0.6) is 0 Å². The second-order valence-electron chi connectivity index (χ2n) is 8.17. The fourth-order valence-electron chi connectivity index (χ4n) is 3.26. The lowest BCUT2D eigenvalue weighted by molar-refractivity contribution is -0.125. The first kappa shape index (κ1) is 21.4. The van der Waals surface area contributed by atoms with Crippen molar-refractivity contribution >= 4 is 22.7 Å². The number of fused-ring (bicyclic) bond motifs is 1. The van der Waals surface area contributed by atoms with E-state index >= 15 is 0 Å². The molecule has 0 bridgehead atoms. The quantitative estimate of drug-likeness (QED) is 0.542. The number of carbonyl (C=O) groups excluding carboxylic acids is 2. The van der Waals surface area contributed by atoms with Crippen LogP contribution in [0.25, 0.3) is 10.9 Å². The molecule has 0 spiro atoms. The number of benzene rings is 2. The van der Waals surface area contributed by atoms with Crippen molar-refractivity contribution < 1.29 is 14.0 Å². The topological polar surface area (TPSA) is 102 Å². The van der Waals surface area contributed by atoms with E-state index in [1.54, 1.807) is 16.8 Å². The molecule has 4 N–H and O–H groups in total. The van der Waals surface area contributed by atoms with Crippen molar-refractivity contribution in [2.45, 2.75) is 33.4 Å². The lowest BCUT2D eigenvalue weighted by Crippen LogP contribution is -2.54. The summed E-state index contributed by atoms with van der Waals surface area (Å²) < 4.78 is 14.9. The number of nitrogens with one attached hydrogen (secondary N) is 2. The molecule has 0 radical (unpaired) electrons. The third-order valence-corrected chi connectivity index (χ3v) is 4.80. The van der Waals surface area contributed by atoms with Gasteiger partial charge in [-0.05, 0) is 29.2 Å². The maximum absolute atomic E-state index is 13.2. The Morgan fingerprint density at radius 3 is 2.43 bits per heavy atom. The third kappa shape index (κ3) is 4.65. The predicted octanol–water partition coefficient (Wildman–Crippen LogP) is 2.40. The molecule has 0 saturated heterocycles. The van der Waals surface area contributed by atoms with Crippen LogP contribution in [0.2, 0.25) is 0 Å². The fraction of sp³-hybridized carbons (Fsp3) is 0.318. The van der Waals surface area contributed by atoms with Gasteiger partial charge >= 0.3 is 0 Å². The van der Waals surface area contributed by atoms with Gasteiger partial charge in [0.05, 0.1) is 18.7 Å². The summed E-state index contributed by atoms with van der Waals surface area (Å²) in [6, 6.07) is 12.7. The largest absolute Gasteiger partial charge is 0.342 e. The molecule has 0 saturated carbocycles. The normalized spacial score (nSPS) is 12.6. The highest BCUT2D eigenvalue weighted by Gasteiger charge is 2.33. The van der Waals surface area contributed by atoms with Gasteiger partial charge in [-0.2, -0.15) is 5.10 Å². The van der Waals surface area contributed by atoms with Gasteiger partial charge in [-0.1, -0.05) is 51.1 Å². The Bertz CT molecular complexity index is 1050. The number of para-hydroxylation sites is 1. The lowest BCUT2D eigenvalue weighted by atomic mass is 9.86. The molecule has 8 heteroatoms. The SMILES string of the molecule is CC(C)(C)[C@H](NC(=O)c1nn(Cc2ccc(F)cc2)c2ccccc12)C(=O)NCN. The average molecular weight is 411 g/mol. The van der Waals surface area contributed by atoms with Gasteiger partial charge in [0.15, 0.2) is 5.69 Å². The summed E-state index contributed by atoms with van der Waals surface area (Å²) in [5.74, 6) is -1.11. The van der Waals surface area contributed by atoms with Gasteiger partial charge in [0.25, 0.3) is 5.91 Å². The van der Waals surface area contributed by atoms with Gasteiger partial charge in [0, 0.05) is 5.39 Å². The van der Waals surface area contributed by atoms with Crippen LogP contribution in [0.15, 0.2) is 48.5 Å². The number of hydrogen-bond donors (Lipinski definition) is 3. The highest BCUT2D eigenvalue weighted by Crippen LogP contribution is 2.23. The van der Waals surface area contributed by atoms with E-state index < -0.39 is 17.4 Å². The van der Waals surface area contributed by atoms with Gasteiger partial charge < -0.3 is 16.4 Å². The van der Waals surface area contributed by atoms with Gasteiger partial charge in [-0.25, -0.2) is 4.39 Å². The van der Waals surface area contributed by atoms with Crippen LogP contribution in [0, 0.1) is 11.2 Å². The Morgan fingerprint density at radius 2 is 1.80 bits per heavy atom. The van der Waals surface area contributed by atoms with Crippen LogP contribution in [-0.2, 0) is 11.3 Å². The van der Waals surface area contributed by atoms with Crippen LogP contribution < -0.4 is 16.4 Å². The lowest BCUT2D eigenvalue weighted by Gasteiger charge is -2.29. The zero-order valence-electron chi connectivity index (χ0n) is 17.3. The smallest absolute Gasteiger partial charge is 0.273 e. The highest BCUT2D eigenvalue weighted by atomic mass is 19.1. The van der Waals surface area contributed by atoms with E-state index in [9.17, 15) is 14.0 Å². The van der Waals surface area contributed by atoms with E-state index in [2.05, 4.69) is 15.7 Å². The summed E-state index contributed by atoms with van der Waals surface area (Å²) in [4.78, 5) is 25.5. The van der Waals surface area contributed by atoms with Crippen LogP contribution in [-0.4, -0.2) is 34.3 Å². The number of amides is 2. The minimum absolute atomic E-state index is 0.0173. The summed E-state index contributed by atoms with van der Waals surface area (Å²) in [5, 5.41) is 10.5. The number of nitrogens with zero attached hydrogens (tertiary/aromatic N) is 2. The average Bonchev–Trinajstić information content (AvgIpc) is 3.06. The molecule has 7 nitrogen and oxygen atoms in total. The standard InChI is InChI=1S/C22H26FN5O2/c1-22(2,3)19(21(30)25-13-24)26-20(29)18-16-6-4-5-7-17(16)28(27-18)12-14-8-10-15(23)11-9-14/h4-11,19H,12-13,24H2,1-3H3,(H,25,30)(H,26,29)/t19-/m1/s1. The molecule has 0 aliphatic heterocycles. The number of carbonyl (C=O) groups is 2. The minimum atomic E-state index is -0.783. The van der Waals surface area contributed by atoms with Crippen LogP contribution in [0.3, 0.4) is 0 Å². The molecule has 3 rings (SSSR count). The Hall–Kier alpha value is -3.26. The van der Waals surface area contributed by atoms with Gasteiger partial charge in [-0.15, -0.1) is 0 Å². The molecule has 3 aromatic rings. The second kappa shape index (κ2) is 8.62. The molecular weight excluding hydrogens is 385 g/mol. The molecule has 158 valence electrons. The first-order valence-electron chi connectivity index (χ1n) is 9.69. The Kier molecular flexibility index (Phi) is 6.17. The molecule has 2 aromatic carbocycles. The number of aromatic nitrogens is 2. The Morgan fingerprint density at radius 1 is 1.13 bits per heavy atom. The zero-order valence-corrected chi connectivity index (χ0v) is 17.3. The molecule has 2 amide bonds.